The van der Waals surface area contributed by atoms with Crippen molar-refractivity contribution in [2.45, 2.75) is 4.90 Å². The van der Waals surface area contributed by atoms with E-state index in [0.717, 1.165) is 0 Å². The smallest absolute Gasteiger partial charge is 0.243 e. The van der Waals surface area contributed by atoms with Crippen molar-refractivity contribution in [2.24, 2.45) is 10.9 Å². The SMILES string of the molecule is COc1ccccc1/C(N)=N/OCCOc1ccc(S(=O)(=O)N2CCOCC2)cc1. The van der Waals surface area contributed by atoms with Crippen molar-refractivity contribution in [3.63, 3.8) is 0 Å². The second kappa shape index (κ2) is 10.3. The molecule has 0 aliphatic carbocycles. The number of nitrogens with two attached hydrogens (primary N) is 1. The molecule has 162 valence electrons. The molecular formula is C20H25N3O6S. The van der Waals surface area contributed by atoms with E-state index in [2.05, 4.69) is 5.16 Å². The summed E-state index contributed by atoms with van der Waals surface area (Å²) in [7, 11) is -1.96. The Morgan fingerprint density at radius 1 is 1.10 bits per heavy atom. The highest BCUT2D eigenvalue weighted by atomic mass is 32.2. The molecule has 0 aromatic heterocycles. The Kier molecular flexibility index (Phi) is 7.50. The lowest BCUT2D eigenvalue weighted by atomic mass is 10.2. The molecule has 0 saturated carbocycles. The summed E-state index contributed by atoms with van der Waals surface area (Å²) in [6.07, 6.45) is 0. The van der Waals surface area contributed by atoms with E-state index >= 15 is 0 Å². The Bertz CT molecular complexity index is 957. The number of morpholine rings is 1. The fraction of sp³-hybridized carbons (Fsp3) is 0.350. The Morgan fingerprint density at radius 2 is 1.80 bits per heavy atom. The summed E-state index contributed by atoms with van der Waals surface area (Å²) >= 11 is 0. The third-order valence-electron chi connectivity index (χ3n) is 4.42. The van der Waals surface area contributed by atoms with E-state index in [1.165, 1.54) is 16.4 Å². The Balaban J connectivity index is 1.48. The number of oxime groups is 1. The number of para-hydroxylation sites is 1. The molecule has 0 atom stereocenters. The van der Waals surface area contributed by atoms with Crippen LogP contribution in [0.4, 0.5) is 0 Å². The first-order valence-electron chi connectivity index (χ1n) is 9.42. The Labute approximate surface area is 176 Å². The maximum Gasteiger partial charge on any atom is 0.243 e. The zero-order chi connectivity index (χ0) is 21.4. The molecule has 0 spiro atoms. The minimum atomic E-state index is -3.52. The van der Waals surface area contributed by atoms with Gasteiger partial charge in [0.15, 0.2) is 12.4 Å². The number of hydrogen-bond acceptors (Lipinski definition) is 7. The monoisotopic (exact) mass is 435 g/mol. The van der Waals surface area contributed by atoms with Gasteiger partial charge in [-0.05, 0) is 36.4 Å². The molecule has 1 saturated heterocycles. The standard InChI is InChI=1S/C20H25N3O6S/c1-26-19-5-3-2-4-18(19)20(21)22-29-15-14-28-16-6-8-17(9-7-16)30(24,25)23-10-12-27-13-11-23/h2-9H,10-15H2,1H3,(H2,21,22). The van der Waals surface area contributed by atoms with Crippen LogP contribution in [0, 0.1) is 0 Å². The second-order valence-corrected chi connectivity index (χ2v) is 8.28. The summed E-state index contributed by atoms with van der Waals surface area (Å²) in [5.74, 6) is 1.33. The zero-order valence-electron chi connectivity index (χ0n) is 16.7. The van der Waals surface area contributed by atoms with Gasteiger partial charge in [-0.3, -0.25) is 0 Å². The van der Waals surface area contributed by atoms with Gasteiger partial charge in [-0.15, -0.1) is 0 Å². The van der Waals surface area contributed by atoms with E-state index < -0.39 is 10.0 Å². The molecule has 10 heteroatoms. The number of nitrogens with zero attached hydrogens (tertiary/aromatic N) is 2. The lowest BCUT2D eigenvalue weighted by molar-refractivity contribution is 0.0730. The van der Waals surface area contributed by atoms with E-state index in [9.17, 15) is 8.42 Å². The molecule has 0 bridgehead atoms. The fourth-order valence-corrected chi connectivity index (χ4v) is 4.27. The van der Waals surface area contributed by atoms with Crippen LogP contribution in [0.5, 0.6) is 11.5 Å². The largest absolute Gasteiger partial charge is 0.496 e. The Morgan fingerprint density at radius 3 is 2.50 bits per heavy atom. The molecule has 9 nitrogen and oxygen atoms in total. The molecular weight excluding hydrogens is 410 g/mol. The molecule has 1 aliphatic rings. The van der Waals surface area contributed by atoms with Gasteiger partial charge >= 0.3 is 0 Å². The minimum Gasteiger partial charge on any atom is -0.496 e. The molecule has 3 rings (SSSR count). The molecule has 30 heavy (non-hydrogen) atoms. The summed E-state index contributed by atoms with van der Waals surface area (Å²) in [4.78, 5) is 5.42. The van der Waals surface area contributed by atoms with E-state index in [1.54, 1.807) is 31.4 Å². The highest BCUT2D eigenvalue weighted by Gasteiger charge is 2.26. The summed E-state index contributed by atoms with van der Waals surface area (Å²) in [6.45, 7) is 1.92. The van der Waals surface area contributed by atoms with E-state index in [4.69, 9.17) is 24.8 Å². The van der Waals surface area contributed by atoms with Gasteiger partial charge in [0.05, 0.1) is 30.8 Å². The van der Waals surface area contributed by atoms with Gasteiger partial charge in [-0.25, -0.2) is 8.42 Å². The van der Waals surface area contributed by atoms with Crippen molar-refractivity contribution in [2.75, 3.05) is 46.6 Å². The van der Waals surface area contributed by atoms with Crippen molar-refractivity contribution < 1.29 is 27.5 Å². The summed E-state index contributed by atoms with van der Waals surface area (Å²) < 4.78 is 42.6. The van der Waals surface area contributed by atoms with Crippen LogP contribution in [-0.4, -0.2) is 65.2 Å². The van der Waals surface area contributed by atoms with Gasteiger partial charge in [0.25, 0.3) is 0 Å². The van der Waals surface area contributed by atoms with Gasteiger partial charge in [0.1, 0.15) is 18.1 Å². The molecule has 1 fully saturated rings. The minimum absolute atomic E-state index is 0.170. The maximum absolute atomic E-state index is 12.6. The summed E-state index contributed by atoms with van der Waals surface area (Å²) in [5.41, 5.74) is 6.56. The average Bonchev–Trinajstić information content (AvgIpc) is 2.79. The molecule has 2 aromatic carbocycles. The number of hydrogen-bond donors (Lipinski definition) is 1. The van der Waals surface area contributed by atoms with Crippen molar-refractivity contribution in [3.05, 3.63) is 54.1 Å². The first-order valence-corrected chi connectivity index (χ1v) is 10.9. The van der Waals surface area contributed by atoms with Crippen molar-refractivity contribution in [3.8, 4) is 11.5 Å². The highest BCUT2D eigenvalue weighted by Crippen LogP contribution is 2.20. The number of rotatable bonds is 9. The molecule has 2 N–H and O–H groups in total. The van der Waals surface area contributed by atoms with Crippen LogP contribution in [0.15, 0.2) is 58.6 Å². The van der Waals surface area contributed by atoms with Crippen LogP contribution in [-0.2, 0) is 19.6 Å². The number of sulfonamides is 1. The van der Waals surface area contributed by atoms with Gasteiger partial charge in [0.2, 0.25) is 10.0 Å². The first-order chi connectivity index (χ1) is 14.5. The van der Waals surface area contributed by atoms with Crippen LogP contribution < -0.4 is 15.2 Å². The quantitative estimate of drug-likeness (QED) is 0.274. The van der Waals surface area contributed by atoms with Gasteiger partial charge < -0.3 is 24.8 Å². The number of benzene rings is 2. The molecule has 2 aromatic rings. The van der Waals surface area contributed by atoms with Crippen LogP contribution in [0.2, 0.25) is 0 Å². The maximum atomic E-state index is 12.6. The lowest BCUT2D eigenvalue weighted by Crippen LogP contribution is -2.40. The van der Waals surface area contributed by atoms with Crippen molar-refractivity contribution in [1.29, 1.82) is 0 Å². The number of ether oxygens (including phenoxy) is 3. The number of amidine groups is 1. The van der Waals surface area contributed by atoms with Crippen LogP contribution in [0.1, 0.15) is 5.56 Å². The predicted octanol–water partition coefficient (Wildman–Crippen LogP) is 1.43. The van der Waals surface area contributed by atoms with Gasteiger partial charge in [0, 0.05) is 13.1 Å². The van der Waals surface area contributed by atoms with Crippen LogP contribution in [0.3, 0.4) is 0 Å². The zero-order valence-corrected chi connectivity index (χ0v) is 17.5. The van der Waals surface area contributed by atoms with Crippen molar-refractivity contribution in [1.82, 2.24) is 4.31 Å². The molecule has 0 radical (unpaired) electrons. The predicted molar refractivity (Wildman–Crippen MR) is 111 cm³/mol. The summed E-state index contributed by atoms with van der Waals surface area (Å²) in [6, 6.07) is 13.5. The van der Waals surface area contributed by atoms with Crippen molar-refractivity contribution >= 4 is 15.9 Å². The van der Waals surface area contributed by atoms with E-state index in [0.29, 0.717) is 43.4 Å². The van der Waals surface area contributed by atoms with Gasteiger partial charge in [-0.1, -0.05) is 17.3 Å². The fourth-order valence-electron chi connectivity index (χ4n) is 2.86. The normalized spacial score (nSPS) is 15.6. The average molecular weight is 436 g/mol. The first kappa shape index (κ1) is 21.9. The third kappa shape index (κ3) is 5.41. The topological polar surface area (TPSA) is 113 Å². The van der Waals surface area contributed by atoms with Crippen LogP contribution >= 0.6 is 0 Å². The van der Waals surface area contributed by atoms with E-state index in [1.807, 2.05) is 12.1 Å². The van der Waals surface area contributed by atoms with E-state index in [-0.39, 0.29) is 23.9 Å². The lowest BCUT2D eigenvalue weighted by Gasteiger charge is -2.26. The molecule has 1 aliphatic heterocycles. The molecule has 0 amide bonds. The Hall–Kier alpha value is -2.82. The second-order valence-electron chi connectivity index (χ2n) is 6.35. The third-order valence-corrected chi connectivity index (χ3v) is 6.33. The highest BCUT2D eigenvalue weighted by molar-refractivity contribution is 7.89. The molecule has 0 unspecified atom stereocenters. The van der Waals surface area contributed by atoms with Gasteiger partial charge in [-0.2, -0.15) is 4.31 Å². The van der Waals surface area contributed by atoms with Crippen LogP contribution in [0.25, 0.3) is 0 Å². The summed E-state index contributed by atoms with van der Waals surface area (Å²) in [5, 5.41) is 3.87. The number of methoxy groups -OCH3 is 1. The molecule has 1 heterocycles.